The van der Waals surface area contributed by atoms with Gasteiger partial charge in [0.15, 0.2) is 0 Å². The predicted molar refractivity (Wildman–Crippen MR) is 69.4 cm³/mol. The van der Waals surface area contributed by atoms with Gasteiger partial charge in [-0.25, -0.2) is 4.39 Å². The first-order valence-electron chi connectivity index (χ1n) is 4.82. The number of hydrogen-bond acceptors (Lipinski definition) is 2. The third-order valence-corrected chi connectivity index (χ3v) is 4.07. The minimum Gasteiger partial charge on any atom is -0.207 e. The first-order chi connectivity index (χ1) is 8.19. The van der Waals surface area contributed by atoms with Crippen LogP contribution in [-0.2, 0) is 0 Å². The molecular weight excluding hydrogens is 301 g/mol. The van der Waals surface area contributed by atoms with Gasteiger partial charge in [0.1, 0.15) is 5.82 Å². The summed E-state index contributed by atoms with van der Waals surface area (Å²) in [5.74, 6) is -0.390. The molecule has 0 atom stereocenters. The molecule has 0 radical (unpaired) electrons. The van der Waals surface area contributed by atoms with E-state index in [-0.39, 0.29) is 0 Å². The highest BCUT2D eigenvalue weighted by molar-refractivity contribution is 9.10. The molecule has 4 heteroatoms. The van der Waals surface area contributed by atoms with Crippen molar-refractivity contribution in [2.45, 2.75) is 9.79 Å². The number of rotatable bonds is 2. The zero-order valence-corrected chi connectivity index (χ0v) is 11.1. The van der Waals surface area contributed by atoms with Crippen LogP contribution in [0.1, 0.15) is 5.56 Å². The minimum absolute atomic E-state index is 0.333. The quantitative estimate of drug-likeness (QED) is 0.809. The van der Waals surface area contributed by atoms with E-state index in [1.807, 2.05) is 30.3 Å². The number of hydrogen-bond donors (Lipinski definition) is 0. The summed E-state index contributed by atoms with van der Waals surface area (Å²) in [5.41, 5.74) is 0.333. The lowest BCUT2D eigenvalue weighted by molar-refractivity contribution is 0.623. The Balaban J connectivity index is 2.34. The first-order valence-corrected chi connectivity index (χ1v) is 6.43. The fourth-order valence-corrected chi connectivity index (χ4v) is 2.79. The van der Waals surface area contributed by atoms with Crippen molar-refractivity contribution in [2.75, 3.05) is 0 Å². The number of halogens is 2. The van der Waals surface area contributed by atoms with Crippen LogP contribution in [0.3, 0.4) is 0 Å². The molecule has 0 saturated heterocycles. The van der Waals surface area contributed by atoms with Crippen molar-refractivity contribution in [1.29, 1.82) is 5.26 Å². The van der Waals surface area contributed by atoms with Crippen molar-refractivity contribution in [3.05, 3.63) is 58.3 Å². The van der Waals surface area contributed by atoms with Crippen LogP contribution < -0.4 is 0 Å². The molecule has 0 unspecified atom stereocenters. The Hall–Kier alpha value is -1.31. The number of nitriles is 1. The Kier molecular flexibility index (Phi) is 3.82. The highest BCUT2D eigenvalue weighted by Gasteiger charge is 2.04. The second-order valence-electron chi connectivity index (χ2n) is 3.32. The van der Waals surface area contributed by atoms with Crippen LogP contribution in [-0.4, -0.2) is 0 Å². The lowest BCUT2D eigenvalue weighted by Gasteiger charge is -2.04. The molecule has 0 aliphatic rings. The average molecular weight is 308 g/mol. The highest BCUT2D eigenvalue weighted by Crippen LogP contribution is 2.33. The molecule has 0 aromatic heterocycles. The zero-order valence-electron chi connectivity index (χ0n) is 8.65. The minimum atomic E-state index is -0.390. The molecule has 0 aliphatic carbocycles. The van der Waals surface area contributed by atoms with Crippen molar-refractivity contribution >= 4 is 27.7 Å². The standard InChI is InChI=1S/C13H7BrFNS/c14-12-3-1-2-4-13(12)17-11-6-9(8-16)5-10(15)7-11/h1-7H. The van der Waals surface area contributed by atoms with Gasteiger partial charge in [0.05, 0.1) is 11.6 Å². The summed E-state index contributed by atoms with van der Waals surface area (Å²) in [6.45, 7) is 0. The van der Waals surface area contributed by atoms with Gasteiger partial charge >= 0.3 is 0 Å². The second kappa shape index (κ2) is 5.35. The number of nitrogens with zero attached hydrogens (tertiary/aromatic N) is 1. The van der Waals surface area contributed by atoms with Gasteiger partial charge in [-0.05, 0) is 46.3 Å². The van der Waals surface area contributed by atoms with Gasteiger partial charge in [-0.1, -0.05) is 23.9 Å². The van der Waals surface area contributed by atoms with Gasteiger partial charge in [-0.15, -0.1) is 0 Å². The van der Waals surface area contributed by atoms with Crippen LogP contribution in [0.15, 0.2) is 56.7 Å². The molecule has 2 aromatic carbocycles. The van der Waals surface area contributed by atoms with Crippen LogP contribution in [0.4, 0.5) is 4.39 Å². The largest absolute Gasteiger partial charge is 0.207 e. The molecule has 0 fully saturated rings. The molecule has 2 rings (SSSR count). The van der Waals surface area contributed by atoms with Crippen molar-refractivity contribution in [3.63, 3.8) is 0 Å². The van der Waals surface area contributed by atoms with E-state index >= 15 is 0 Å². The van der Waals surface area contributed by atoms with E-state index in [1.54, 1.807) is 6.07 Å². The van der Waals surface area contributed by atoms with Crippen molar-refractivity contribution < 1.29 is 4.39 Å². The van der Waals surface area contributed by atoms with E-state index < -0.39 is 5.82 Å². The smallest absolute Gasteiger partial charge is 0.125 e. The zero-order chi connectivity index (χ0) is 12.3. The Morgan fingerprint density at radius 1 is 1.18 bits per heavy atom. The van der Waals surface area contributed by atoms with E-state index in [0.29, 0.717) is 10.5 Å². The van der Waals surface area contributed by atoms with E-state index in [4.69, 9.17) is 5.26 Å². The van der Waals surface area contributed by atoms with Crippen LogP contribution in [0.5, 0.6) is 0 Å². The molecule has 0 saturated carbocycles. The summed E-state index contributed by atoms with van der Waals surface area (Å²) in [6, 6.07) is 14.0. The van der Waals surface area contributed by atoms with Crippen LogP contribution in [0.2, 0.25) is 0 Å². The van der Waals surface area contributed by atoms with Crippen LogP contribution in [0.25, 0.3) is 0 Å². The molecule has 17 heavy (non-hydrogen) atoms. The summed E-state index contributed by atoms with van der Waals surface area (Å²) in [4.78, 5) is 1.70. The molecule has 0 bridgehead atoms. The van der Waals surface area contributed by atoms with Crippen LogP contribution in [0, 0.1) is 17.1 Å². The van der Waals surface area contributed by atoms with Gasteiger partial charge < -0.3 is 0 Å². The molecule has 0 spiro atoms. The van der Waals surface area contributed by atoms with E-state index in [2.05, 4.69) is 15.9 Å². The second-order valence-corrected chi connectivity index (χ2v) is 5.29. The Morgan fingerprint density at radius 3 is 2.65 bits per heavy atom. The van der Waals surface area contributed by atoms with Gasteiger partial charge in [0.2, 0.25) is 0 Å². The van der Waals surface area contributed by atoms with Gasteiger partial charge in [0, 0.05) is 14.3 Å². The highest BCUT2D eigenvalue weighted by atomic mass is 79.9. The average Bonchev–Trinajstić information content (AvgIpc) is 2.31. The molecule has 84 valence electrons. The monoisotopic (exact) mass is 307 g/mol. The first kappa shape index (κ1) is 12.2. The fourth-order valence-electron chi connectivity index (χ4n) is 1.34. The Labute approximate surface area is 111 Å². The fraction of sp³-hybridized carbons (Fsp3) is 0. The molecule has 0 aliphatic heterocycles. The molecule has 1 nitrogen and oxygen atoms in total. The maximum Gasteiger partial charge on any atom is 0.125 e. The Bertz CT molecular complexity index is 592. The lowest BCUT2D eigenvalue weighted by Crippen LogP contribution is -1.82. The van der Waals surface area contributed by atoms with Crippen LogP contribution >= 0.6 is 27.7 Å². The third-order valence-electron chi connectivity index (χ3n) is 2.06. The summed E-state index contributed by atoms with van der Waals surface area (Å²) in [6.07, 6.45) is 0. The van der Waals surface area contributed by atoms with E-state index in [0.717, 1.165) is 9.37 Å². The van der Waals surface area contributed by atoms with Crippen molar-refractivity contribution in [3.8, 4) is 6.07 Å². The molecule has 0 amide bonds. The molecule has 0 N–H and O–H groups in total. The summed E-state index contributed by atoms with van der Waals surface area (Å²) < 4.78 is 14.2. The maximum absolute atomic E-state index is 13.2. The normalized spacial score (nSPS) is 9.94. The topological polar surface area (TPSA) is 23.8 Å². The van der Waals surface area contributed by atoms with E-state index in [9.17, 15) is 4.39 Å². The van der Waals surface area contributed by atoms with Gasteiger partial charge in [-0.3, -0.25) is 0 Å². The third kappa shape index (κ3) is 3.09. The maximum atomic E-state index is 13.2. The van der Waals surface area contributed by atoms with E-state index in [1.165, 1.54) is 23.9 Å². The summed E-state index contributed by atoms with van der Waals surface area (Å²) in [5, 5.41) is 8.77. The van der Waals surface area contributed by atoms with Gasteiger partial charge in [-0.2, -0.15) is 5.26 Å². The lowest BCUT2D eigenvalue weighted by atomic mass is 10.2. The van der Waals surface area contributed by atoms with Gasteiger partial charge in [0.25, 0.3) is 0 Å². The van der Waals surface area contributed by atoms with Crippen molar-refractivity contribution in [2.24, 2.45) is 0 Å². The summed E-state index contributed by atoms with van der Waals surface area (Å²) in [7, 11) is 0. The number of benzene rings is 2. The molecule has 2 aromatic rings. The summed E-state index contributed by atoms with van der Waals surface area (Å²) >= 11 is 4.85. The SMILES string of the molecule is N#Cc1cc(F)cc(Sc2ccccc2Br)c1. The Morgan fingerprint density at radius 2 is 1.94 bits per heavy atom. The molecular formula is C13H7BrFNS. The van der Waals surface area contributed by atoms with Crippen molar-refractivity contribution in [1.82, 2.24) is 0 Å². The molecule has 0 heterocycles. The predicted octanol–water partition coefficient (Wildman–Crippen LogP) is 4.61.